The lowest BCUT2D eigenvalue weighted by Gasteiger charge is -2.36. The Morgan fingerprint density at radius 3 is 2.39 bits per heavy atom. The van der Waals surface area contributed by atoms with Gasteiger partial charge in [0.05, 0.1) is 21.1 Å². The highest BCUT2D eigenvalue weighted by Crippen LogP contribution is 2.31. The first-order chi connectivity index (χ1) is 10.9. The number of benzene rings is 2. The highest BCUT2D eigenvalue weighted by Gasteiger charge is 2.22. The van der Waals surface area contributed by atoms with E-state index in [0.717, 1.165) is 10.9 Å². The number of nitrogens with zero attached hydrogens (tertiary/aromatic N) is 2. The van der Waals surface area contributed by atoms with Crippen LogP contribution in [-0.2, 0) is 12.8 Å². The van der Waals surface area contributed by atoms with E-state index in [9.17, 15) is 0 Å². The zero-order chi connectivity index (χ0) is 16.4. The Morgan fingerprint density at radius 1 is 1.00 bits per heavy atom. The smallest absolute Gasteiger partial charge is 0.132 e. The third kappa shape index (κ3) is 3.59. The Bertz CT molecular complexity index is 652. The van der Waals surface area contributed by atoms with Gasteiger partial charge in [0.2, 0.25) is 0 Å². The second-order valence-electron chi connectivity index (χ2n) is 7.65. The molecule has 2 heteroatoms. The minimum Gasteiger partial charge on any atom is -0.371 e. The van der Waals surface area contributed by atoms with Gasteiger partial charge >= 0.3 is 0 Å². The summed E-state index contributed by atoms with van der Waals surface area (Å²) in [7, 11) is 8.89. The maximum Gasteiger partial charge on any atom is 0.132 e. The SMILES string of the molecule is CN1c2ccccc2CC[C@@H]1CCc1ccc([N+](C)(C)C)cc1. The largest absolute Gasteiger partial charge is 0.371 e. The van der Waals surface area contributed by atoms with Crippen LogP contribution < -0.4 is 9.38 Å². The van der Waals surface area contributed by atoms with Gasteiger partial charge in [-0.25, -0.2) is 0 Å². The molecule has 0 amide bonds. The number of para-hydroxylation sites is 1. The molecule has 2 aromatic carbocycles. The molecular weight excluding hydrogens is 280 g/mol. The maximum atomic E-state index is 2.49. The van der Waals surface area contributed by atoms with E-state index in [4.69, 9.17) is 0 Å². The third-order valence-electron chi connectivity index (χ3n) is 5.14. The molecule has 0 saturated carbocycles. The fourth-order valence-corrected chi connectivity index (χ4v) is 3.56. The molecule has 1 atom stereocenters. The van der Waals surface area contributed by atoms with Crippen LogP contribution in [0.4, 0.5) is 11.4 Å². The van der Waals surface area contributed by atoms with Crippen molar-refractivity contribution in [2.75, 3.05) is 33.1 Å². The summed E-state index contributed by atoms with van der Waals surface area (Å²) in [6, 6.07) is 18.6. The number of hydrogen-bond donors (Lipinski definition) is 0. The summed E-state index contributed by atoms with van der Waals surface area (Å²) in [6.07, 6.45) is 4.87. The van der Waals surface area contributed by atoms with Gasteiger partial charge in [-0.15, -0.1) is 0 Å². The van der Waals surface area contributed by atoms with Gasteiger partial charge in [-0.2, -0.15) is 0 Å². The van der Waals surface area contributed by atoms with Gasteiger partial charge in [0.15, 0.2) is 0 Å². The molecule has 0 aromatic heterocycles. The van der Waals surface area contributed by atoms with Crippen LogP contribution in [-0.4, -0.2) is 34.2 Å². The minimum atomic E-state index is 0.656. The minimum absolute atomic E-state index is 0.656. The number of fused-ring (bicyclic) bond motifs is 1. The van der Waals surface area contributed by atoms with E-state index in [1.54, 1.807) is 0 Å². The normalized spacial score (nSPS) is 17.9. The summed E-state index contributed by atoms with van der Waals surface area (Å²) >= 11 is 0. The van der Waals surface area contributed by atoms with E-state index >= 15 is 0 Å². The summed E-state index contributed by atoms with van der Waals surface area (Å²) in [5.41, 5.74) is 5.73. The number of quaternary nitrogens is 1. The Kier molecular flexibility index (Phi) is 4.45. The van der Waals surface area contributed by atoms with Gasteiger partial charge < -0.3 is 4.90 Å². The van der Waals surface area contributed by atoms with Crippen molar-refractivity contribution in [1.29, 1.82) is 0 Å². The van der Waals surface area contributed by atoms with Crippen LogP contribution in [0, 0.1) is 0 Å². The quantitative estimate of drug-likeness (QED) is 0.763. The molecule has 0 N–H and O–H groups in total. The zero-order valence-corrected chi connectivity index (χ0v) is 14.9. The Labute approximate surface area is 140 Å². The average molecular weight is 309 g/mol. The molecule has 0 fully saturated rings. The second-order valence-corrected chi connectivity index (χ2v) is 7.65. The van der Waals surface area contributed by atoms with Crippen molar-refractivity contribution in [2.24, 2.45) is 0 Å². The van der Waals surface area contributed by atoms with Gasteiger partial charge in [0.1, 0.15) is 5.69 Å². The first kappa shape index (κ1) is 16.1. The van der Waals surface area contributed by atoms with Crippen molar-refractivity contribution in [2.45, 2.75) is 31.7 Å². The number of aryl methyl sites for hydroxylation is 2. The van der Waals surface area contributed by atoms with Crippen LogP contribution in [0.1, 0.15) is 24.0 Å². The van der Waals surface area contributed by atoms with Crippen LogP contribution in [0.25, 0.3) is 0 Å². The van der Waals surface area contributed by atoms with Crippen LogP contribution in [0.5, 0.6) is 0 Å². The Hall–Kier alpha value is -1.80. The molecule has 3 rings (SSSR count). The molecule has 0 spiro atoms. The molecule has 0 unspecified atom stereocenters. The fraction of sp³-hybridized carbons (Fsp3) is 0.429. The molecule has 122 valence electrons. The predicted octanol–water partition coefficient (Wildman–Crippen LogP) is 4.27. The molecule has 1 heterocycles. The van der Waals surface area contributed by atoms with Crippen LogP contribution >= 0.6 is 0 Å². The van der Waals surface area contributed by atoms with Crippen molar-refractivity contribution in [3.8, 4) is 0 Å². The van der Waals surface area contributed by atoms with Gasteiger partial charge in [-0.1, -0.05) is 30.3 Å². The lowest BCUT2D eigenvalue weighted by atomic mass is 9.92. The summed E-state index contributed by atoms with van der Waals surface area (Å²) < 4.78 is 0.877. The monoisotopic (exact) mass is 309 g/mol. The topological polar surface area (TPSA) is 3.24 Å². The summed E-state index contributed by atoms with van der Waals surface area (Å²) in [5, 5.41) is 0. The predicted molar refractivity (Wildman–Crippen MR) is 101 cm³/mol. The van der Waals surface area contributed by atoms with Crippen molar-refractivity contribution in [1.82, 2.24) is 4.48 Å². The molecule has 1 aliphatic rings. The standard InChI is InChI=1S/C21H29N2/c1-22-19(14-12-18-7-5-6-8-21(18)22)13-9-17-10-15-20(16-11-17)23(2,3)4/h5-8,10-11,15-16,19H,9,12-14H2,1-4H3/q+1/t19-/m0/s1. The third-order valence-corrected chi connectivity index (χ3v) is 5.14. The summed E-state index contributed by atoms with van der Waals surface area (Å²) in [6.45, 7) is 0. The zero-order valence-electron chi connectivity index (χ0n) is 14.9. The van der Waals surface area contributed by atoms with Crippen molar-refractivity contribution in [3.63, 3.8) is 0 Å². The van der Waals surface area contributed by atoms with Crippen molar-refractivity contribution < 1.29 is 0 Å². The number of anilines is 1. The van der Waals surface area contributed by atoms with E-state index in [0.29, 0.717) is 6.04 Å². The van der Waals surface area contributed by atoms with E-state index < -0.39 is 0 Å². The van der Waals surface area contributed by atoms with Crippen molar-refractivity contribution >= 4 is 11.4 Å². The molecule has 23 heavy (non-hydrogen) atoms. The fourth-order valence-electron chi connectivity index (χ4n) is 3.56. The number of hydrogen-bond acceptors (Lipinski definition) is 1. The molecule has 2 aromatic rings. The Morgan fingerprint density at radius 2 is 1.70 bits per heavy atom. The number of rotatable bonds is 4. The Balaban J connectivity index is 1.63. The molecule has 2 nitrogen and oxygen atoms in total. The van der Waals surface area contributed by atoms with Gasteiger partial charge in [-0.3, -0.25) is 4.48 Å². The molecule has 0 saturated heterocycles. The molecule has 0 radical (unpaired) electrons. The van der Waals surface area contributed by atoms with Crippen LogP contribution in [0.2, 0.25) is 0 Å². The second kappa shape index (κ2) is 6.37. The van der Waals surface area contributed by atoms with E-state index in [1.165, 1.54) is 41.8 Å². The van der Waals surface area contributed by atoms with Gasteiger partial charge in [0, 0.05) is 18.8 Å². The molecular formula is C21H29N2+. The highest BCUT2D eigenvalue weighted by atomic mass is 15.3. The molecule has 1 aliphatic heterocycles. The lowest BCUT2D eigenvalue weighted by Crippen LogP contribution is -2.36. The van der Waals surface area contributed by atoms with Gasteiger partial charge in [0.25, 0.3) is 0 Å². The average Bonchev–Trinajstić information content (AvgIpc) is 2.54. The van der Waals surface area contributed by atoms with Gasteiger partial charge in [-0.05, 0) is 55.0 Å². The molecule has 0 bridgehead atoms. The van der Waals surface area contributed by atoms with Crippen molar-refractivity contribution in [3.05, 3.63) is 59.7 Å². The first-order valence-corrected chi connectivity index (χ1v) is 8.67. The first-order valence-electron chi connectivity index (χ1n) is 8.67. The van der Waals surface area contributed by atoms with Crippen LogP contribution in [0.15, 0.2) is 48.5 Å². The molecule has 0 aliphatic carbocycles. The summed E-state index contributed by atoms with van der Waals surface area (Å²) in [4.78, 5) is 2.49. The summed E-state index contributed by atoms with van der Waals surface area (Å²) in [5.74, 6) is 0. The van der Waals surface area contributed by atoms with Crippen LogP contribution in [0.3, 0.4) is 0 Å². The maximum absolute atomic E-state index is 2.49. The van der Waals surface area contributed by atoms with E-state index in [-0.39, 0.29) is 0 Å². The van der Waals surface area contributed by atoms with E-state index in [2.05, 4.69) is 81.6 Å². The lowest BCUT2D eigenvalue weighted by molar-refractivity contribution is 0.486. The highest BCUT2D eigenvalue weighted by molar-refractivity contribution is 5.55. The van der Waals surface area contributed by atoms with E-state index in [1.807, 2.05) is 0 Å².